The predicted molar refractivity (Wildman–Crippen MR) is 48.8 cm³/mol. The fourth-order valence-electron chi connectivity index (χ4n) is 1.11. The van der Waals surface area contributed by atoms with Gasteiger partial charge in [-0.2, -0.15) is 0 Å². The Bertz CT molecular complexity index is 470. The minimum absolute atomic E-state index is 0.0815. The van der Waals surface area contributed by atoms with E-state index in [4.69, 9.17) is 0 Å². The molecule has 2 aromatic rings. The summed E-state index contributed by atoms with van der Waals surface area (Å²) >= 11 is 0. The van der Waals surface area contributed by atoms with Crippen LogP contribution in [-0.2, 0) is 4.79 Å². The first kappa shape index (κ1) is 9.25. The van der Waals surface area contributed by atoms with Gasteiger partial charge >= 0.3 is 0 Å². The number of aromatic nitrogens is 4. The van der Waals surface area contributed by atoms with E-state index in [1.807, 2.05) is 0 Å². The Labute approximate surface area is 83.7 Å². The summed E-state index contributed by atoms with van der Waals surface area (Å²) in [6.07, 6.45) is 1.78. The van der Waals surface area contributed by atoms with Crippen molar-refractivity contribution in [2.75, 3.05) is 5.32 Å². The van der Waals surface area contributed by atoms with Crippen LogP contribution in [0.4, 0.5) is 10.1 Å². The smallest absolute Gasteiger partial charge is 0.211 e. The van der Waals surface area contributed by atoms with Gasteiger partial charge in [0, 0.05) is 0 Å². The van der Waals surface area contributed by atoms with E-state index in [0.29, 0.717) is 12.1 Å². The predicted octanol–water partition coefficient (Wildman–Crippen LogP) is 0.370. The molecule has 2 rings (SSSR count). The Morgan fingerprint density at radius 2 is 2.33 bits per heavy atom. The quantitative estimate of drug-likeness (QED) is 0.738. The molecule has 1 aromatic heterocycles. The second kappa shape index (κ2) is 3.82. The molecule has 7 heteroatoms. The van der Waals surface area contributed by atoms with E-state index < -0.39 is 5.82 Å². The Morgan fingerprint density at radius 1 is 1.47 bits per heavy atom. The second-order valence-electron chi connectivity index (χ2n) is 2.68. The highest BCUT2D eigenvalue weighted by atomic mass is 19.1. The van der Waals surface area contributed by atoms with E-state index in [1.54, 1.807) is 0 Å². The number of halogens is 1. The first-order chi connectivity index (χ1) is 7.31. The van der Waals surface area contributed by atoms with Crippen molar-refractivity contribution in [3.63, 3.8) is 0 Å². The molecule has 15 heavy (non-hydrogen) atoms. The lowest BCUT2D eigenvalue weighted by atomic mass is 10.2. The molecule has 0 bridgehead atoms. The molecule has 6 nitrogen and oxygen atoms in total. The first-order valence-electron chi connectivity index (χ1n) is 4.04. The summed E-state index contributed by atoms with van der Waals surface area (Å²) in [6.45, 7) is 0. The van der Waals surface area contributed by atoms with Crippen LogP contribution in [0.2, 0.25) is 0 Å². The van der Waals surface area contributed by atoms with E-state index in [2.05, 4.69) is 20.8 Å². The van der Waals surface area contributed by atoms with Gasteiger partial charge in [-0.3, -0.25) is 4.79 Å². The van der Waals surface area contributed by atoms with Gasteiger partial charge in [0.1, 0.15) is 12.1 Å². The van der Waals surface area contributed by atoms with E-state index in [9.17, 15) is 9.18 Å². The lowest BCUT2D eigenvalue weighted by molar-refractivity contribution is -0.105. The Hall–Kier alpha value is -2.31. The van der Waals surface area contributed by atoms with Crippen LogP contribution >= 0.6 is 0 Å². The van der Waals surface area contributed by atoms with Gasteiger partial charge in [0.25, 0.3) is 0 Å². The third-order valence-corrected chi connectivity index (χ3v) is 1.78. The number of carbonyl (C=O) groups excluding carboxylic acids is 1. The zero-order valence-corrected chi connectivity index (χ0v) is 7.46. The number of amides is 1. The summed E-state index contributed by atoms with van der Waals surface area (Å²) in [5.41, 5.74) is 0.642. The third-order valence-electron chi connectivity index (χ3n) is 1.78. The number of hydrogen-bond donors (Lipinski definition) is 1. The lowest BCUT2D eigenvalue weighted by Crippen LogP contribution is -2.01. The van der Waals surface area contributed by atoms with Crippen molar-refractivity contribution in [2.24, 2.45) is 0 Å². The summed E-state index contributed by atoms with van der Waals surface area (Å²) in [4.78, 5) is 10.2. The minimum atomic E-state index is -0.515. The summed E-state index contributed by atoms with van der Waals surface area (Å²) in [7, 11) is 0. The van der Waals surface area contributed by atoms with Gasteiger partial charge in [-0.25, -0.2) is 9.07 Å². The van der Waals surface area contributed by atoms with E-state index >= 15 is 0 Å². The summed E-state index contributed by atoms with van der Waals surface area (Å²) < 4.78 is 14.5. The average molecular weight is 207 g/mol. The van der Waals surface area contributed by atoms with Crippen LogP contribution in [0.3, 0.4) is 0 Å². The Kier molecular flexibility index (Phi) is 2.36. The van der Waals surface area contributed by atoms with Gasteiger partial charge in [0.05, 0.1) is 11.4 Å². The fraction of sp³-hybridized carbons (Fsp3) is 0. The van der Waals surface area contributed by atoms with Crippen LogP contribution in [0.25, 0.3) is 5.69 Å². The van der Waals surface area contributed by atoms with Crippen LogP contribution in [0.5, 0.6) is 0 Å². The van der Waals surface area contributed by atoms with Crippen LogP contribution in [0.1, 0.15) is 0 Å². The maximum absolute atomic E-state index is 13.1. The van der Waals surface area contributed by atoms with Crippen LogP contribution in [0, 0.1) is 5.82 Å². The topological polar surface area (TPSA) is 72.7 Å². The van der Waals surface area contributed by atoms with E-state index in [0.717, 1.165) is 0 Å². The number of hydrogen-bond acceptors (Lipinski definition) is 4. The molecule has 0 aliphatic carbocycles. The van der Waals surface area contributed by atoms with Crippen molar-refractivity contribution in [3.05, 3.63) is 30.3 Å². The SMILES string of the molecule is O=CNc1cc(-n2cnnn2)ccc1F. The normalized spacial score (nSPS) is 9.93. The number of tetrazole rings is 1. The molecule has 0 aliphatic heterocycles. The molecule has 0 saturated heterocycles. The lowest BCUT2D eigenvalue weighted by Gasteiger charge is -2.03. The number of carbonyl (C=O) groups is 1. The molecule has 0 atom stereocenters. The van der Waals surface area contributed by atoms with Crippen molar-refractivity contribution in [3.8, 4) is 5.69 Å². The first-order valence-corrected chi connectivity index (χ1v) is 4.04. The molecule has 1 heterocycles. The minimum Gasteiger partial charge on any atom is -0.326 e. The monoisotopic (exact) mass is 207 g/mol. The Morgan fingerprint density at radius 3 is 3.00 bits per heavy atom. The molecule has 0 unspecified atom stereocenters. The molecule has 76 valence electrons. The summed E-state index contributed by atoms with van der Waals surface area (Å²) in [5, 5.41) is 12.8. The largest absolute Gasteiger partial charge is 0.326 e. The summed E-state index contributed by atoms with van der Waals surface area (Å²) in [5.74, 6) is -0.515. The van der Waals surface area contributed by atoms with Gasteiger partial charge in [-0.05, 0) is 28.6 Å². The van der Waals surface area contributed by atoms with Crippen LogP contribution in [-0.4, -0.2) is 26.6 Å². The Balaban J connectivity index is 2.42. The molecule has 1 N–H and O–H groups in total. The third kappa shape index (κ3) is 1.80. The molecule has 1 amide bonds. The number of nitrogens with zero attached hydrogens (tertiary/aromatic N) is 4. The maximum atomic E-state index is 13.1. The highest BCUT2D eigenvalue weighted by Gasteiger charge is 2.04. The zero-order chi connectivity index (χ0) is 10.7. The van der Waals surface area contributed by atoms with E-state index in [-0.39, 0.29) is 5.69 Å². The highest BCUT2D eigenvalue weighted by molar-refractivity contribution is 5.72. The van der Waals surface area contributed by atoms with Crippen molar-refractivity contribution in [1.29, 1.82) is 0 Å². The second-order valence-corrected chi connectivity index (χ2v) is 2.68. The van der Waals surface area contributed by atoms with Crippen molar-refractivity contribution < 1.29 is 9.18 Å². The van der Waals surface area contributed by atoms with Crippen molar-refractivity contribution >= 4 is 12.1 Å². The standard InChI is InChI=1S/C8H6FN5O/c9-7-2-1-6(3-8(7)10-5-15)14-4-11-12-13-14/h1-5H,(H,10,15). The molecule has 0 fully saturated rings. The zero-order valence-electron chi connectivity index (χ0n) is 7.46. The molecule has 1 aromatic carbocycles. The molecule has 0 radical (unpaired) electrons. The van der Waals surface area contributed by atoms with Crippen molar-refractivity contribution in [1.82, 2.24) is 20.2 Å². The number of rotatable bonds is 3. The van der Waals surface area contributed by atoms with Crippen molar-refractivity contribution in [2.45, 2.75) is 0 Å². The van der Waals surface area contributed by atoms with Crippen LogP contribution in [0.15, 0.2) is 24.5 Å². The van der Waals surface area contributed by atoms with Gasteiger partial charge in [-0.15, -0.1) is 5.10 Å². The highest BCUT2D eigenvalue weighted by Crippen LogP contribution is 2.17. The van der Waals surface area contributed by atoms with Gasteiger partial charge in [0.2, 0.25) is 6.41 Å². The summed E-state index contributed by atoms with van der Waals surface area (Å²) in [6, 6.07) is 4.16. The molecule has 0 spiro atoms. The number of benzene rings is 1. The molecular formula is C8H6FN5O. The van der Waals surface area contributed by atoms with Gasteiger partial charge in [-0.1, -0.05) is 0 Å². The van der Waals surface area contributed by atoms with Gasteiger partial charge in [0.15, 0.2) is 0 Å². The van der Waals surface area contributed by atoms with Crippen LogP contribution < -0.4 is 5.32 Å². The number of nitrogens with one attached hydrogen (secondary N) is 1. The van der Waals surface area contributed by atoms with E-state index in [1.165, 1.54) is 29.2 Å². The maximum Gasteiger partial charge on any atom is 0.211 e. The average Bonchev–Trinajstić information content (AvgIpc) is 2.75. The van der Waals surface area contributed by atoms with Gasteiger partial charge < -0.3 is 5.32 Å². The molecule has 0 saturated carbocycles. The fourth-order valence-corrected chi connectivity index (χ4v) is 1.11. The number of anilines is 1. The molecular weight excluding hydrogens is 201 g/mol. The molecule has 0 aliphatic rings.